The summed E-state index contributed by atoms with van der Waals surface area (Å²) in [7, 11) is 0. The Labute approximate surface area is 238 Å². The number of carbonyl (C=O) groups is 1. The van der Waals surface area contributed by atoms with Gasteiger partial charge in [-0.25, -0.2) is 4.79 Å². The van der Waals surface area contributed by atoms with Crippen LogP contribution in [-0.4, -0.2) is 44.3 Å². The van der Waals surface area contributed by atoms with Crippen molar-refractivity contribution >= 4 is 28.5 Å². The number of aryl methyl sites for hydroxylation is 1. The highest BCUT2D eigenvalue weighted by atomic mass is 35.5. The molecular formula is C31H34ClN5O3. The zero-order valence-electron chi connectivity index (χ0n) is 22.7. The Bertz CT molecular complexity index is 1560. The minimum Gasteiger partial charge on any atom is -0.381 e. The summed E-state index contributed by atoms with van der Waals surface area (Å²) in [5.74, 6) is 0.632. The number of aromatic nitrogens is 4. The number of amides is 1. The Kier molecular flexibility index (Phi) is 7.71. The topological polar surface area (TPSA) is 91.0 Å². The third-order valence-corrected chi connectivity index (χ3v) is 8.63. The molecule has 0 radical (unpaired) electrons. The van der Waals surface area contributed by atoms with Crippen LogP contribution in [0.5, 0.6) is 0 Å². The largest absolute Gasteiger partial charge is 0.381 e. The third-order valence-electron chi connectivity index (χ3n) is 8.43. The van der Waals surface area contributed by atoms with E-state index in [2.05, 4.69) is 16.4 Å². The molecule has 0 spiro atoms. The molecular weight excluding hydrogens is 526 g/mol. The van der Waals surface area contributed by atoms with Crippen LogP contribution in [0.25, 0.3) is 16.7 Å². The van der Waals surface area contributed by atoms with E-state index < -0.39 is 0 Å². The smallest absolute Gasteiger partial charge is 0.333 e. The fourth-order valence-electron chi connectivity index (χ4n) is 6.15. The van der Waals surface area contributed by atoms with Crippen LogP contribution in [0.2, 0.25) is 5.02 Å². The van der Waals surface area contributed by atoms with E-state index in [1.54, 1.807) is 16.8 Å². The van der Waals surface area contributed by atoms with E-state index in [4.69, 9.17) is 21.3 Å². The molecule has 2 fully saturated rings. The lowest BCUT2D eigenvalue weighted by Gasteiger charge is -2.29. The van der Waals surface area contributed by atoms with Crippen molar-refractivity contribution in [2.24, 2.45) is 5.92 Å². The van der Waals surface area contributed by atoms with Crippen molar-refractivity contribution in [3.05, 3.63) is 87.3 Å². The molecule has 8 nitrogen and oxygen atoms in total. The lowest BCUT2D eigenvalue weighted by Crippen LogP contribution is -2.39. The van der Waals surface area contributed by atoms with Gasteiger partial charge in [0.25, 0.3) is 5.91 Å². The van der Waals surface area contributed by atoms with Gasteiger partial charge in [0.2, 0.25) is 0 Å². The van der Waals surface area contributed by atoms with Crippen molar-refractivity contribution < 1.29 is 9.53 Å². The number of benzene rings is 1. The maximum Gasteiger partial charge on any atom is 0.333 e. The number of carbonyl (C=O) groups excluding carboxylic acids is 1. The Balaban J connectivity index is 1.16. The van der Waals surface area contributed by atoms with Crippen LogP contribution in [0, 0.1) is 12.8 Å². The van der Waals surface area contributed by atoms with E-state index in [9.17, 15) is 9.59 Å². The first-order chi connectivity index (χ1) is 19.5. The van der Waals surface area contributed by atoms with Crippen LogP contribution in [0.3, 0.4) is 0 Å². The number of rotatable bonds is 6. The van der Waals surface area contributed by atoms with E-state index in [-0.39, 0.29) is 17.6 Å². The normalized spacial score (nSPS) is 20.1. The monoisotopic (exact) mass is 559 g/mol. The maximum atomic E-state index is 13.8. The highest BCUT2D eigenvalue weighted by Crippen LogP contribution is 2.29. The van der Waals surface area contributed by atoms with Crippen molar-refractivity contribution in [3.63, 3.8) is 0 Å². The van der Waals surface area contributed by atoms with Gasteiger partial charge in [-0.1, -0.05) is 23.7 Å². The highest BCUT2D eigenvalue weighted by molar-refractivity contribution is 6.30. The molecule has 2 aliphatic rings. The average molecular weight is 560 g/mol. The number of nitrogens with zero attached hydrogens (tertiary/aromatic N) is 4. The first-order valence-corrected chi connectivity index (χ1v) is 14.5. The number of nitrogens with one attached hydrogen (secondary N) is 1. The zero-order valence-corrected chi connectivity index (χ0v) is 23.4. The lowest BCUT2D eigenvalue weighted by atomic mass is 9.85. The fourth-order valence-corrected chi connectivity index (χ4v) is 6.30. The van der Waals surface area contributed by atoms with Crippen LogP contribution in [-0.2, 0) is 11.3 Å². The number of imidazole rings is 1. The SMILES string of the molecule is Cc1ncc(Cl)cc1C(=O)NC1CCC(Cn2c(=O)n(-c3ccc(C4CCOCC4)nc3)c3ccccc32)CC1. The van der Waals surface area contributed by atoms with Crippen LogP contribution in [0.4, 0.5) is 0 Å². The summed E-state index contributed by atoms with van der Waals surface area (Å²) in [6.45, 7) is 4.01. The molecule has 0 unspecified atom stereocenters. The van der Waals surface area contributed by atoms with Crippen LogP contribution in [0.1, 0.15) is 66.2 Å². The molecule has 0 bridgehead atoms. The van der Waals surface area contributed by atoms with Crippen molar-refractivity contribution in [3.8, 4) is 5.69 Å². The third kappa shape index (κ3) is 5.43. The molecule has 1 saturated carbocycles. The van der Waals surface area contributed by atoms with Crippen molar-refractivity contribution in [1.82, 2.24) is 24.4 Å². The van der Waals surface area contributed by atoms with Crippen molar-refractivity contribution in [2.45, 2.75) is 64.0 Å². The standard InChI is InChI=1S/C31H34ClN5O3/c1-20-26(16-23(32)17-33-20)30(38)35-24-8-6-21(7-9-24)19-36-28-4-2-3-5-29(28)37(31(36)39)25-10-11-27(34-18-25)22-12-14-40-15-13-22/h2-5,10-11,16-18,21-22,24H,6-9,12-15,19H2,1H3,(H,35,38). The van der Waals surface area contributed by atoms with E-state index in [0.29, 0.717) is 34.7 Å². The molecule has 4 aromatic rings. The number of halogens is 1. The maximum absolute atomic E-state index is 13.8. The second kappa shape index (κ2) is 11.6. The summed E-state index contributed by atoms with van der Waals surface area (Å²) in [5.41, 5.74) is 4.81. The Morgan fingerprint density at radius 3 is 2.48 bits per heavy atom. The highest BCUT2D eigenvalue weighted by Gasteiger charge is 2.26. The minimum atomic E-state index is -0.133. The number of hydrogen-bond acceptors (Lipinski definition) is 5. The van der Waals surface area contributed by atoms with Gasteiger partial charge < -0.3 is 10.1 Å². The van der Waals surface area contributed by atoms with Gasteiger partial charge >= 0.3 is 5.69 Å². The van der Waals surface area contributed by atoms with Gasteiger partial charge in [0.05, 0.1) is 39.2 Å². The van der Waals surface area contributed by atoms with Crippen molar-refractivity contribution in [1.29, 1.82) is 0 Å². The average Bonchev–Trinajstić information content (AvgIpc) is 3.26. The fraction of sp³-hybridized carbons (Fsp3) is 0.419. The van der Waals surface area contributed by atoms with Crippen LogP contribution >= 0.6 is 11.6 Å². The van der Waals surface area contributed by atoms with Gasteiger partial charge in [0.1, 0.15) is 0 Å². The molecule has 4 heterocycles. The van der Waals surface area contributed by atoms with Crippen LogP contribution in [0.15, 0.2) is 59.7 Å². The lowest BCUT2D eigenvalue weighted by molar-refractivity contribution is 0.0845. The first-order valence-electron chi connectivity index (χ1n) is 14.2. The Morgan fingerprint density at radius 1 is 1.00 bits per heavy atom. The first kappa shape index (κ1) is 26.7. The Morgan fingerprint density at radius 2 is 1.75 bits per heavy atom. The quantitative estimate of drug-likeness (QED) is 0.340. The van der Waals surface area contributed by atoms with Gasteiger partial charge in [0, 0.05) is 43.6 Å². The van der Waals surface area contributed by atoms with E-state index in [1.165, 1.54) is 0 Å². The molecule has 3 aromatic heterocycles. The minimum absolute atomic E-state index is 0.0406. The number of pyridine rings is 2. The number of fused-ring (bicyclic) bond motifs is 1. The van der Waals surface area contributed by atoms with Gasteiger partial charge in [0.15, 0.2) is 0 Å². The van der Waals surface area contributed by atoms with Gasteiger partial charge in [-0.2, -0.15) is 0 Å². The molecule has 40 heavy (non-hydrogen) atoms. The van der Waals surface area contributed by atoms with E-state index in [1.807, 2.05) is 48.0 Å². The zero-order chi connectivity index (χ0) is 27.6. The molecule has 1 aromatic carbocycles. The van der Waals surface area contributed by atoms with Gasteiger partial charge in [-0.3, -0.25) is 23.9 Å². The predicted molar refractivity (Wildman–Crippen MR) is 155 cm³/mol. The summed E-state index contributed by atoms with van der Waals surface area (Å²) < 4.78 is 9.18. The second-order valence-corrected chi connectivity index (χ2v) is 11.5. The molecule has 1 aliphatic heterocycles. The molecule has 1 aliphatic carbocycles. The molecule has 0 atom stereocenters. The number of para-hydroxylation sites is 2. The number of hydrogen-bond donors (Lipinski definition) is 1. The van der Waals surface area contributed by atoms with E-state index >= 15 is 0 Å². The molecule has 208 valence electrons. The van der Waals surface area contributed by atoms with Gasteiger partial charge in [-0.15, -0.1) is 0 Å². The molecule has 6 rings (SSSR count). The molecule has 9 heteroatoms. The molecule has 1 saturated heterocycles. The summed E-state index contributed by atoms with van der Waals surface area (Å²) >= 11 is 6.05. The summed E-state index contributed by atoms with van der Waals surface area (Å²) in [6.07, 6.45) is 8.95. The van der Waals surface area contributed by atoms with Gasteiger partial charge in [-0.05, 0) is 81.7 Å². The predicted octanol–water partition coefficient (Wildman–Crippen LogP) is 5.43. The second-order valence-electron chi connectivity index (χ2n) is 11.0. The van der Waals surface area contributed by atoms with Crippen molar-refractivity contribution in [2.75, 3.05) is 13.2 Å². The van der Waals surface area contributed by atoms with E-state index in [0.717, 1.165) is 74.2 Å². The summed E-state index contributed by atoms with van der Waals surface area (Å²) in [4.78, 5) is 35.6. The molecule has 1 N–H and O–H groups in total. The van der Waals surface area contributed by atoms with Crippen LogP contribution < -0.4 is 11.0 Å². The Hall–Kier alpha value is -3.49. The molecule has 1 amide bonds. The number of ether oxygens (including phenoxy) is 1. The summed E-state index contributed by atoms with van der Waals surface area (Å²) in [5, 5.41) is 3.61. The summed E-state index contributed by atoms with van der Waals surface area (Å²) in [6, 6.07) is 13.8.